The highest BCUT2D eigenvalue weighted by atomic mass is 35.5. The van der Waals surface area contributed by atoms with E-state index in [1.165, 1.54) is 0 Å². The average Bonchev–Trinajstić information content (AvgIpc) is 2.39. The van der Waals surface area contributed by atoms with E-state index in [1.54, 1.807) is 12.3 Å². The number of pyridine rings is 1. The molecular weight excluding hydrogens is 281 g/mol. The molecule has 0 bridgehead atoms. The van der Waals surface area contributed by atoms with Crippen molar-refractivity contribution in [2.75, 3.05) is 0 Å². The van der Waals surface area contributed by atoms with Crippen molar-refractivity contribution < 1.29 is 0 Å². The summed E-state index contributed by atoms with van der Waals surface area (Å²) in [6.45, 7) is 2.01. The van der Waals surface area contributed by atoms with Crippen molar-refractivity contribution >= 4 is 23.2 Å². The highest BCUT2D eigenvalue weighted by Gasteiger charge is 2.13. The van der Waals surface area contributed by atoms with Gasteiger partial charge in [-0.2, -0.15) is 0 Å². The van der Waals surface area contributed by atoms with E-state index in [0.29, 0.717) is 11.4 Å². The van der Waals surface area contributed by atoms with Crippen LogP contribution in [-0.2, 0) is 6.42 Å². The summed E-state index contributed by atoms with van der Waals surface area (Å²) >= 11 is 12.1. The molecule has 3 N–H and O–H groups in total. The van der Waals surface area contributed by atoms with Crippen LogP contribution >= 0.6 is 23.2 Å². The Morgan fingerprint density at radius 1 is 1.26 bits per heavy atom. The molecule has 19 heavy (non-hydrogen) atoms. The molecule has 2 rings (SSSR count). The quantitative estimate of drug-likeness (QED) is 0.671. The Balaban J connectivity index is 2.21. The van der Waals surface area contributed by atoms with Crippen LogP contribution in [0.5, 0.6) is 0 Å². The van der Waals surface area contributed by atoms with Crippen molar-refractivity contribution in [3.8, 4) is 0 Å². The molecule has 1 aromatic carbocycles. The molecule has 1 heterocycles. The van der Waals surface area contributed by atoms with Crippen molar-refractivity contribution in [1.29, 1.82) is 0 Å². The summed E-state index contributed by atoms with van der Waals surface area (Å²) in [5.41, 5.74) is 5.77. The summed E-state index contributed by atoms with van der Waals surface area (Å²) in [5.74, 6) is 5.60. The fourth-order valence-corrected chi connectivity index (χ4v) is 2.30. The maximum absolute atomic E-state index is 6.23. The number of halogens is 2. The lowest BCUT2D eigenvalue weighted by molar-refractivity contribution is 0.538. The van der Waals surface area contributed by atoms with Crippen LogP contribution in [0.1, 0.15) is 22.9 Å². The van der Waals surface area contributed by atoms with E-state index in [-0.39, 0.29) is 6.04 Å². The van der Waals surface area contributed by atoms with E-state index in [0.717, 1.165) is 21.8 Å². The molecule has 0 aliphatic carbocycles. The molecule has 100 valence electrons. The Hall–Kier alpha value is -1.13. The van der Waals surface area contributed by atoms with Gasteiger partial charge in [0.15, 0.2) is 0 Å². The lowest BCUT2D eigenvalue weighted by Gasteiger charge is -2.16. The van der Waals surface area contributed by atoms with E-state index in [2.05, 4.69) is 10.4 Å². The molecule has 0 saturated carbocycles. The lowest BCUT2D eigenvalue weighted by atomic mass is 10.0. The van der Waals surface area contributed by atoms with Crippen LogP contribution in [-0.4, -0.2) is 4.98 Å². The zero-order chi connectivity index (χ0) is 13.8. The topological polar surface area (TPSA) is 50.9 Å². The molecular formula is C14H15Cl2N3. The number of nitrogens with zero attached hydrogens (tertiary/aromatic N) is 1. The van der Waals surface area contributed by atoms with Crippen molar-refractivity contribution in [3.63, 3.8) is 0 Å². The lowest BCUT2D eigenvalue weighted by Crippen LogP contribution is -2.30. The Morgan fingerprint density at radius 3 is 2.63 bits per heavy atom. The minimum absolute atomic E-state index is 0.0996. The SMILES string of the molecule is Cc1ccc(CC(NN)c2ccc(Cl)cn2)c(Cl)c1. The maximum Gasteiger partial charge on any atom is 0.0672 e. The molecule has 3 nitrogen and oxygen atoms in total. The minimum atomic E-state index is -0.0996. The second-order valence-corrected chi connectivity index (χ2v) is 5.26. The first-order chi connectivity index (χ1) is 9.10. The highest BCUT2D eigenvalue weighted by molar-refractivity contribution is 6.31. The fourth-order valence-electron chi connectivity index (χ4n) is 1.88. The summed E-state index contributed by atoms with van der Waals surface area (Å²) < 4.78 is 0. The Morgan fingerprint density at radius 2 is 2.05 bits per heavy atom. The summed E-state index contributed by atoms with van der Waals surface area (Å²) in [7, 11) is 0. The Bertz CT molecular complexity index is 555. The number of hydrogen-bond donors (Lipinski definition) is 2. The largest absolute Gasteiger partial charge is 0.271 e. The zero-order valence-electron chi connectivity index (χ0n) is 10.5. The first-order valence-electron chi connectivity index (χ1n) is 5.92. The molecule has 1 aromatic heterocycles. The third-order valence-corrected chi connectivity index (χ3v) is 3.52. The zero-order valence-corrected chi connectivity index (χ0v) is 12.0. The molecule has 1 atom stereocenters. The number of benzene rings is 1. The van der Waals surface area contributed by atoms with Gasteiger partial charge in [0, 0.05) is 11.2 Å². The molecule has 0 fully saturated rings. The Labute approximate surface area is 122 Å². The van der Waals surface area contributed by atoms with Crippen LogP contribution in [0.4, 0.5) is 0 Å². The second kappa shape index (κ2) is 6.35. The number of hydrogen-bond acceptors (Lipinski definition) is 3. The first-order valence-corrected chi connectivity index (χ1v) is 6.68. The van der Waals surface area contributed by atoms with E-state index in [9.17, 15) is 0 Å². The molecule has 0 aliphatic heterocycles. The number of hydrazine groups is 1. The summed E-state index contributed by atoms with van der Waals surface area (Å²) in [6, 6.07) is 9.54. The van der Waals surface area contributed by atoms with Gasteiger partial charge in [-0.3, -0.25) is 16.3 Å². The monoisotopic (exact) mass is 295 g/mol. The van der Waals surface area contributed by atoms with Crippen molar-refractivity contribution in [3.05, 3.63) is 63.4 Å². The third-order valence-electron chi connectivity index (χ3n) is 2.94. The smallest absolute Gasteiger partial charge is 0.0672 e. The summed E-state index contributed by atoms with van der Waals surface area (Å²) in [5, 5.41) is 1.35. The predicted molar refractivity (Wildman–Crippen MR) is 79.2 cm³/mol. The predicted octanol–water partition coefficient (Wildman–Crippen LogP) is 3.44. The first kappa shape index (κ1) is 14.3. The van der Waals surface area contributed by atoms with E-state index >= 15 is 0 Å². The van der Waals surface area contributed by atoms with Crippen molar-refractivity contribution in [1.82, 2.24) is 10.4 Å². The van der Waals surface area contributed by atoms with Crippen LogP contribution < -0.4 is 11.3 Å². The number of aromatic nitrogens is 1. The number of nitrogens with two attached hydrogens (primary N) is 1. The van der Waals surface area contributed by atoms with Gasteiger partial charge < -0.3 is 0 Å². The van der Waals surface area contributed by atoms with Crippen LogP contribution in [0.3, 0.4) is 0 Å². The van der Waals surface area contributed by atoms with Gasteiger partial charge in [0.1, 0.15) is 0 Å². The average molecular weight is 296 g/mol. The third kappa shape index (κ3) is 3.67. The second-order valence-electron chi connectivity index (χ2n) is 4.42. The van der Waals surface area contributed by atoms with Gasteiger partial charge >= 0.3 is 0 Å². The van der Waals surface area contributed by atoms with Gasteiger partial charge in [-0.25, -0.2) is 0 Å². The molecule has 5 heteroatoms. The molecule has 0 saturated heterocycles. The summed E-state index contributed by atoms with van der Waals surface area (Å²) in [4.78, 5) is 4.28. The van der Waals surface area contributed by atoms with Crippen molar-refractivity contribution in [2.24, 2.45) is 5.84 Å². The van der Waals surface area contributed by atoms with E-state index in [4.69, 9.17) is 29.0 Å². The van der Waals surface area contributed by atoms with Crippen LogP contribution in [0.15, 0.2) is 36.5 Å². The molecule has 0 radical (unpaired) electrons. The number of aryl methyl sites for hydroxylation is 1. The van der Waals surface area contributed by atoms with Gasteiger partial charge in [0.2, 0.25) is 0 Å². The van der Waals surface area contributed by atoms with Gasteiger partial charge in [-0.15, -0.1) is 0 Å². The highest BCUT2D eigenvalue weighted by Crippen LogP contribution is 2.23. The molecule has 2 aromatic rings. The van der Waals surface area contributed by atoms with Gasteiger partial charge in [-0.1, -0.05) is 35.3 Å². The van der Waals surface area contributed by atoms with Crippen molar-refractivity contribution in [2.45, 2.75) is 19.4 Å². The Kier molecular flexibility index (Phi) is 4.77. The van der Waals surface area contributed by atoms with Gasteiger partial charge in [0.05, 0.1) is 16.8 Å². The van der Waals surface area contributed by atoms with Crippen LogP contribution in [0, 0.1) is 6.92 Å². The number of nitrogens with one attached hydrogen (secondary N) is 1. The van der Waals surface area contributed by atoms with Crippen LogP contribution in [0.2, 0.25) is 10.0 Å². The molecule has 0 aliphatic rings. The maximum atomic E-state index is 6.23. The van der Waals surface area contributed by atoms with Crippen LogP contribution in [0.25, 0.3) is 0 Å². The number of rotatable bonds is 4. The molecule has 1 unspecified atom stereocenters. The van der Waals surface area contributed by atoms with E-state index in [1.807, 2.05) is 31.2 Å². The molecule has 0 spiro atoms. The van der Waals surface area contributed by atoms with Gasteiger partial charge in [-0.05, 0) is 42.7 Å². The summed E-state index contributed by atoms with van der Waals surface area (Å²) in [6.07, 6.45) is 2.28. The van der Waals surface area contributed by atoms with E-state index < -0.39 is 0 Å². The minimum Gasteiger partial charge on any atom is -0.271 e. The standard InChI is InChI=1S/C14H15Cl2N3/c1-9-2-3-10(12(16)6-9)7-14(19-17)13-5-4-11(15)8-18-13/h2-6,8,14,19H,7,17H2,1H3. The fraction of sp³-hybridized carbons (Fsp3) is 0.214. The normalized spacial score (nSPS) is 12.4. The molecule has 0 amide bonds. The van der Waals surface area contributed by atoms with Gasteiger partial charge in [0.25, 0.3) is 0 Å².